The van der Waals surface area contributed by atoms with E-state index in [1.165, 1.54) is 0 Å². The zero-order chi connectivity index (χ0) is 17.4. The van der Waals surface area contributed by atoms with Crippen LogP contribution in [0.5, 0.6) is 0 Å². The molecule has 2 rings (SSSR count). The molecule has 1 atom stereocenters. The number of amides is 2. The molecule has 7 nitrogen and oxygen atoms in total. The lowest BCUT2D eigenvalue weighted by Gasteiger charge is -2.34. The Hall–Kier alpha value is -1.06. The van der Waals surface area contributed by atoms with E-state index in [0.29, 0.717) is 25.3 Å². The van der Waals surface area contributed by atoms with Crippen molar-refractivity contribution in [3.63, 3.8) is 0 Å². The summed E-state index contributed by atoms with van der Waals surface area (Å²) in [7, 11) is 0. The van der Waals surface area contributed by atoms with Crippen LogP contribution in [0.1, 0.15) is 45.4 Å². The molecule has 0 aromatic rings. The Bertz CT molecular complexity index is 466. The molecule has 1 unspecified atom stereocenters. The molecule has 0 aromatic carbocycles. The van der Waals surface area contributed by atoms with Crippen molar-refractivity contribution in [1.29, 1.82) is 0 Å². The van der Waals surface area contributed by atoms with E-state index in [-0.39, 0.29) is 35.8 Å². The number of halogens is 1. The Morgan fingerprint density at radius 3 is 2.48 bits per heavy atom. The van der Waals surface area contributed by atoms with Crippen LogP contribution in [0.25, 0.3) is 0 Å². The van der Waals surface area contributed by atoms with Crippen molar-refractivity contribution in [1.82, 2.24) is 15.1 Å². The average molecular weight is 465 g/mol. The number of likely N-dealkylation sites (tertiary alicyclic amines) is 2. The number of nitrogens with two attached hydrogens (primary N) is 1. The quantitative estimate of drug-likeness (QED) is 0.350. The maximum absolute atomic E-state index is 12.1. The minimum Gasteiger partial charge on any atom is -0.370 e. The lowest BCUT2D eigenvalue weighted by atomic mass is 9.95. The lowest BCUT2D eigenvalue weighted by Crippen LogP contribution is -2.47. The Balaban J connectivity index is 0.00000312. The predicted octanol–water partition coefficient (Wildman–Crippen LogP) is 1.17. The number of rotatable bonds is 6. The van der Waals surface area contributed by atoms with Gasteiger partial charge < -0.3 is 20.9 Å². The van der Waals surface area contributed by atoms with Gasteiger partial charge in [-0.2, -0.15) is 0 Å². The highest BCUT2D eigenvalue weighted by atomic mass is 127. The standard InChI is InChI=1S/C17H31N5O2.HI/c1-2-19-17(20-8-7-16(24)21-9-3-4-10-21)22-11-5-6-14(13-22)12-15(18)23;/h14H,2-13H2,1H3,(H2,18,23)(H,19,20);1H. The van der Waals surface area contributed by atoms with E-state index in [0.717, 1.165) is 64.4 Å². The molecule has 25 heavy (non-hydrogen) atoms. The van der Waals surface area contributed by atoms with Crippen molar-refractivity contribution in [3.05, 3.63) is 0 Å². The fourth-order valence-corrected chi connectivity index (χ4v) is 3.52. The van der Waals surface area contributed by atoms with Crippen molar-refractivity contribution < 1.29 is 9.59 Å². The van der Waals surface area contributed by atoms with Gasteiger partial charge in [0.1, 0.15) is 0 Å². The van der Waals surface area contributed by atoms with Crippen molar-refractivity contribution in [3.8, 4) is 0 Å². The van der Waals surface area contributed by atoms with Crippen LogP contribution in [0.4, 0.5) is 0 Å². The van der Waals surface area contributed by atoms with E-state index >= 15 is 0 Å². The fourth-order valence-electron chi connectivity index (χ4n) is 3.52. The smallest absolute Gasteiger partial charge is 0.224 e. The largest absolute Gasteiger partial charge is 0.370 e. The van der Waals surface area contributed by atoms with Crippen LogP contribution in [0.3, 0.4) is 0 Å². The van der Waals surface area contributed by atoms with Gasteiger partial charge in [-0.3, -0.25) is 14.6 Å². The maximum Gasteiger partial charge on any atom is 0.224 e. The summed E-state index contributed by atoms with van der Waals surface area (Å²) in [6.07, 6.45) is 5.21. The first kappa shape index (κ1) is 22.0. The highest BCUT2D eigenvalue weighted by Gasteiger charge is 2.23. The van der Waals surface area contributed by atoms with Gasteiger partial charge >= 0.3 is 0 Å². The number of hydrogen-bond acceptors (Lipinski definition) is 3. The molecule has 2 amide bonds. The van der Waals surface area contributed by atoms with Crippen molar-refractivity contribution >= 4 is 41.8 Å². The summed E-state index contributed by atoms with van der Waals surface area (Å²) < 4.78 is 0. The zero-order valence-corrected chi connectivity index (χ0v) is 17.5. The second-order valence-electron chi connectivity index (χ2n) is 6.70. The fraction of sp³-hybridized carbons (Fsp3) is 0.824. The average Bonchev–Trinajstić information content (AvgIpc) is 3.08. The van der Waals surface area contributed by atoms with E-state index in [9.17, 15) is 9.59 Å². The number of aliphatic imine (C=N–C) groups is 1. The Morgan fingerprint density at radius 1 is 1.16 bits per heavy atom. The van der Waals surface area contributed by atoms with Gasteiger partial charge in [-0.1, -0.05) is 0 Å². The van der Waals surface area contributed by atoms with Crippen LogP contribution in [-0.4, -0.2) is 66.8 Å². The van der Waals surface area contributed by atoms with Crippen LogP contribution in [0.15, 0.2) is 4.99 Å². The summed E-state index contributed by atoms with van der Waals surface area (Å²) in [6.45, 7) is 6.85. The third kappa shape index (κ3) is 7.37. The van der Waals surface area contributed by atoms with Gasteiger partial charge in [-0.15, -0.1) is 24.0 Å². The number of nitrogens with one attached hydrogen (secondary N) is 1. The van der Waals surface area contributed by atoms with Crippen LogP contribution in [0.2, 0.25) is 0 Å². The molecule has 0 saturated carbocycles. The minimum atomic E-state index is -0.236. The van der Waals surface area contributed by atoms with Gasteiger partial charge in [0.15, 0.2) is 5.96 Å². The number of carbonyl (C=O) groups is 2. The van der Waals surface area contributed by atoms with Gasteiger partial charge in [0.2, 0.25) is 11.8 Å². The van der Waals surface area contributed by atoms with E-state index < -0.39 is 0 Å². The van der Waals surface area contributed by atoms with E-state index in [1.807, 2.05) is 11.8 Å². The first-order valence-electron chi connectivity index (χ1n) is 9.19. The third-order valence-electron chi connectivity index (χ3n) is 4.69. The molecular weight excluding hydrogens is 433 g/mol. The van der Waals surface area contributed by atoms with Crippen LogP contribution in [-0.2, 0) is 9.59 Å². The van der Waals surface area contributed by atoms with Gasteiger partial charge in [-0.25, -0.2) is 0 Å². The normalized spacial score (nSPS) is 21.0. The molecule has 3 N–H and O–H groups in total. The Morgan fingerprint density at radius 2 is 1.84 bits per heavy atom. The molecule has 2 aliphatic rings. The van der Waals surface area contributed by atoms with Gasteiger partial charge in [-0.05, 0) is 38.5 Å². The first-order chi connectivity index (χ1) is 11.6. The van der Waals surface area contributed by atoms with Crippen LogP contribution in [0, 0.1) is 5.92 Å². The molecule has 0 aromatic heterocycles. The predicted molar refractivity (Wildman–Crippen MR) is 110 cm³/mol. The second-order valence-corrected chi connectivity index (χ2v) is 6.70. The van der Waals surface area contributed by atoms with Crippen LogP contribution >= 0.6 is 24.0 Å². The van der Waals surface area contributed by atoms with Gasteiger partial charge in [0, 0.05) is 45.6 Å². The summed E-state index contributed by atoms with van der Waals surface area (Å²) in [4.78, 5) is 32.0. The molecular formula is C17H32IN5O2. The number of hydrogen-bond donors (Lipinski definition) is 2. The number of guanidine groups is 1. The zero-order valence-electron chi connectivity index (χ0n) is 15.2. The number of piperidine rings is 1. The molecule has 0 radical (unpaired) electrons. The molecule has 2 aliphatic heterocycles. The SMILES string of the molecule is CCNC(=NCCC(=O)N1CCCC1)N1CCCC(CC(N)=O)C1.I. The first-order valence-corrected chi connectivity index (χ1v) is 9.19. The number of primary amides is 1. The topological polar surface area (TPSA) is 91.0 Å². The third-order valence-corrected chi connectivity index (χ3v) is 4.69. The number of carbonyl (C=O) groups excluding carboxylic acids is 2. The summed E-state index contributed by atoms with van der Waals surface area (Å²) in [5, 5.41) is 3.30. The molecule has 0 spiro atoms. The Kier molecular flexibility index (Phi) is 10.1. The Labute approximate surface area is 167 Å². The molecule has 144 valence electrons. The second kappa shape index (κ2) is 11.5. The molecule has 2 fully saturated rings. The van der Waals surface area contributed by atoms with Crippen molar-refractivity contribution in [2.45, 2.75) is 45.4 Å². The molecule has 2 heterocycles. The monoisotopic (exact) mass is 465 g/mol. The highest BCUT2D eigenvalue weighted by Crippen LogP contribution is 2.19. The minimum absolute atomic E-state index is 0. The molecule has 8 heteroatoms. The van der Waals surface area contributed by atoms with Crippen molar-refractivity contribution in [2.75, 3.05) is 39.3 Å². The summed E-state index contributed by atoms with van der Waals surface area (Å²) in [5.41, 5.74) is 5.33. The highest BCUT2D eigenvalue weighted by molar-refractivity contribution is 14.0. The number of nitrogens with zero attached hydrogens (tertiary/aromatic N) is 3. The lowest BCUT2D eigenvalue weighted by molar-refractivity contribution is -0.129. The van der Waals surface area contributed by atoms with E-state index in [1.54, 1.807) is 0 Å². The van der Waals surface area contributed by atoms with E-state index in [4.69, 9.17) is 5.73 Å². The molecule has 0 bridgehead atoms. The molecule has 0 aliphatic carbocycles. The van der Waals surface area contributed by atoms with Gasteiger partial charge in [0.05, 0.1) is 6.54 Å². The van der Waals surface area contributed by atoms with Crippen LogP contribution < -0.4 is 11.1 Å². The maximum atomic E-state index is 12.1. The summed E-state index contributed by atoms with van der Waals surface area (Å²) in [6, 6.07) is 0. The summed E-state index contributed by atoms with van der Waals surface area (Å²) in [5.74, 6) is 1.12. The van der Waals surface area contributed by atoms with Crippen molar-refractivity contribution in [2.24, 2.45) is 16.6 Å². The summed E-state index contributed by atoms with van der Waals surface area (Å²) >= 11 is 0. The molecule has 2 saturated heterocycles. The van der Waals surface area contributed by atoms with Gasteiger partial charge in [0.25, 0.3) is 0 Å². The van der Waals surface area contributed by atoms with E-state index in [2.05, 4.69) is 15.2 Å².